The Bertz CT molecular complexity index is 658. The first-order chi connectivity index (χ1) is 11.6. The average molecular weight is 345 g/mol. The van der Waals surface area contributed by atoms with Gasteiger partial charge in [0.05, 0.1) is 5.75 Å². The highest BCUT2D eigenvalue weighted by molar-refractivity contribution is 7.99. The van der Waals surface area contributed by atoms with Gasteiger partial charge in [0.2, 0.25) is 0 Å². The van der Waals surface area contributed by atoms with Crippen molar-refractivity contribution >= 4 is 23.6 Å². The van der Waals surface area contributed by atoms with Crippen LogP contribution in [0, 0.1) is 0 Å². The van der Waals surface area contributed by atoms with Crippen LogP contribution in [-0.4, -0.2) is 35.0 Å². The number of thioether (sulfide) groups is 1. The third kappa shape index (κ3) is 6.34. The number of nitrogens with one attached hydrogen (secondary N) is 1. The van der Waals surface area contributed by atoms with Crippen LogP contribution >= 0.6 is 11.8 Å². The maximum Gasteiger partial charge on any atom is 0.313 e. The van der Waals surface area contributed by atoms with Gasteiger partial charge in [0.25, 0.3) is 5.91 Å². The van der Waals surface area contributed by atoms with Crippen LogP contribution in [0.3, 0.4) is 0 Å². The van der Waals surface area contributed by atoms with Gasteiger partial charge in [-0.05, 0) is 29.8 Å². The van der Waals surface area contributed by atoms with Crippen LogP contribution in [0.4, 0.5) is 0 Å². The van der Waals surface area contributed by atoms with E-state index >= 15 is 0 Å². The maximum absolute atomic E-state index is 12.0. The summed E-state index contributed by atoms with van der Waals surface area (Å²) in [6.45, 7) is 0.913. The van der Waals surface area contributed by atoms with Crippen molar-refractivity contribution < 1.29 is 19.4 Å². The molecule has 5 nitrogen and oxygen atoms in total. The van der Waals surface area contributed by atoms with E-state index in [1.165, 1.54) is 11.8 Å². The largest absolute Gasteiger partial charge is 0.489 e. The molecule has 0 saturated heterocycles. The van der Waals surface area contributed by atoms with Crippen molar-refractivity contribution in [3.8, 4) is 5.75 Å². The van der Waals surface area contributed by atoms with Crippen LogP contribution < -0.4 is 10.1 Å². The number of benzene rings is 2. The van der Waals surface area contributed by atoms with E-state index in [4.69, 9.17) is 9.84 Å². The SMILES string of the molecule is O=C(O)CSCCNC(=O)c1ccc(OCc2ccccc2)cc1. The molecule has 0 heterocycles. The van der Waals surface area contributed by atoms with Crippen LogP contribution in [0.5, 0.6) is 5.75 Å². The van der Waals surface area contributed by atoms with Crippen molar-refractivity contribution in [3.63, 3.8) is 0 Å². The normalized spacial score (nSPS) is 10.2. The summed E-state index contributed by atoms with van der Waals surface area (Å²) in [4.78, 5) is 22.3. The average Bonchev–Trinajstić information content (AvgIpc) is 2.60. The second kappa shape index (κ2) is 9.62. The van der Waals surface area contributed by atoms with E-state index in [2.05, 4.69) is 5.32 Å². The van der Waals surface area contributed by atoms with Crippen molar-refractivity contribution in [2.75, 3.05) is 18.1 Å². The number of carboxylic acid groups (broad SMARTS) is 1. The fourth-order valence-corrected chi connectivity index (χ4v) is 2.51. The second-order valence-electron chi connectivity index (χ2n) is 5.00. The quantitative estimate of drug-likeness (QED) is 0.684. The molecule has 2 aromatic carbocycles. The minimum absolute atomic E-state index is 0.0450. The Morgan fingerprint density at radius 1 is 1.04 bits per heavy atom. The molecule has 0 aliphatic rings. The second-order valence-corrected chi connectivity index (χ2v) is 6.11. The third-order valence-corrected chi connectivity index (χ3v) is 4.07. The van der Waals surface area contributed by atoms with Crippen LogP contribution in [-0.2, 0) is 11.4 Å². The van der Waals surface area contributed by atoms with Crippen LogP contribution in [0.1, 0.15) is 15.9 Å². The summed E-state index contributed by atoms with van der Waals surface area (Å²) in [5, 5.41) is 11.3. The van der Waals surface area contributed by atoms with Gasteiger partial charge in [-0.1, -0.05) is 30.3 Å². The molecule has 126 valence electrons. The lowest BCUT2D eigenvalue weighted by molar-refractivity contribution is -0.133. The number of amides is 1. The molecule has 1 amide bonds. The number of hydrogen-bond acceptors (Lipinski definition) is 4. The molecular weight excluding hydrogens is 326 g/mol. The van der Waals surface area contributed by atoms with E-state index < -0.39 is 5.97 Å². The first-order valence-electron chi connectivity index (χ1n) is 7.49. The molecule has 2 aromatic rings. The molecule has 2 N–H and O–H groups in total. The highest BCUT2D eigenvalue weighted by atomic mass is 32.2. The summed E-state index contributed by atoms with van der Waals surface area (Å²) in [5.74, 6) is 0.282. The first kappa shape index (κ1) is 17.9. The third-order valence-electron chi connectivity index (χ3n) is 3.12. The van der Waals surface area contributed by atoms with Crippen molar-refractivity contribution in [3.05, 3.63) is 65.7 Å². The number of hydrogen-bond donors (Lipinski definition) is 2. The standard InChI is InChI=1S/C18H19NO4S/c20-17(21)13-24-11-10-19-18(22)15-6-8-16(9-7-15)23-12-14-4-2-1-3-5-14/h1-9H,10-13H2,(H,19,22)(H,20,21). The lowest BCUT2D eigenvalue weighted by Gasteiger charge is -2.08. The van der Waals surface area contributed by atoms with E-state index in [9.17, 15) is 9.59 Å². The zero-order valence-electron chi connectivity index (χ0n) is 13.1. The zero-order valence-corrected chi connectivity index (χ0v) is 13.9. The number of ether oxygens (including phenoxy) is 1. The molecule has 0 aliphatic carbocycles. The molecule has 24 heavy (non-hydrogen) atoms. The van der Waals surface area contributed by atoms with Gasteiger partial charge in [0.1, 0.15) is 12.4 Å². The van der Waals surface area contributed by atoms with Gasteiger partial charge >= 0.3 is 5.97 Å². The molecule has 6 heteroatoms. The molecule has 0 unspecified atom stereocenters. The number of carboxylic acids is 1. The Kier molecular flexibility index (Phi) is 7.17. The van der Waals surface area contributed by atoms with Gasteiger partial charge in [-0.3, -0.25) is 9.59 Å². The number of carbonyl (C=O) groups is 2. The number of carbonyl (C=O) groups excluding carboxylic acids is 1. The monoisotopic (exact) mass is 345 g/mol. The van der Waals surface area contributed by atoms with Gasteiger partial charge in [0.15, 0.2) is 0 Å². The Morgan fingerprint density at radius 3 is 2.42 bits per heavy atom. The molecule has 0 aliphatic heterocycles. The summed E-state index contributed by atoms with van der Waals surface area (Å²) in [5.41, 5.74) is 1.63. The van der Waals surface area contributed by atoms with Gasteiger partial charge < -0.3 is 15.2 Å². The van der Waals surface area contributed by atoms with E-state index in [0.717, 1.165) is 5.56 Å². The first-order valence-corrected chi connectivity index (χ1v) is 8.65. The molecule has 0 saturated carbocycles. The Morgan fingerprint density at radius 2 is 1.75 bits per heavy atom. The Hall–Kier alpha value is -2.47. The molecule has 0 radical (unpaired) electrons. The topological polar surface area (TPSA) is 75.6 Å². The van der Waals surface area contributed by atoms with E-state index in [1.54, 1.807) is 24.3 Å². The van der Waals surface area contributed by atoms with Crippen LogP contribution in [0.25, 0.3) is 0 Å². The molecule has 0 fully saturated rings. The summed E-state index contributed by atoms with van der Waals surface area (Å²) in [6, 6.07) is 16.8. The number of aliphatic carboxylic acids is 1. The lowest BCUT2D eigenvalue weighted by Crippen LogP contribution is -2.25. The van der Waals surface area contributed by atoms with E-state index in [1.807, 2.05) is 30.3 Å². The fraction of sp³-hybridized carbons (Fsp3) is 0.222. The van der Waals surface area contributed by atoms with Gasteiger partial charge in [-0.25, -0.2) is 0 Å². The molecule has 0 bridgehead atoms. The van der Waals surface area contributed by atoms with Gasteiger partial charge in [-0.2, -0.15) is 0 Å². The Balaban J connectivity index is 1.74. The molecular formula is C18H19NO4S. The lowest BCUT2D eigenvalue weighted by atomic mass is 10.2. The van der Waals surface area contributed by atoms with Crippen LogP contribution in [0.2, 0.25) is 0 Å². The van der Waals surface area contributed by atoms with Gasteiger partial charge in [-0.15, -0.1) is 11.8 Å². The van der Waals surface area contributed by atoms with Crippen molar-refractivity contribution in [2.45, 2.75) is 6.61 Å². The molecule has 0 atom stereocenters. The van der Waals surface area contributed by atoms with Crippen molar-refractivity contribution in [1.29, 1.82) is 0 Å². The predicted octanol–water partition coefficient (Wildman–Crippen LogP) is 2.81. The zero-order chi connectivity index (χ0) is 17.2. The summed E-state index contributed by atoms with van der Waals surface area (Å²) < 4.78 is 5.67. The summed E-state index contributed by atoms with van der Waals surface area (Å²) >= 11 is 1.27. The minimum atomic E-state index is -0.850. The summed E-state index contributed by atoms with van der Waals surface area (Å²) in [7, 11) is 0. The molecule has 2 rings (SSSR count). The maximum atomic E-state index is 12.0. The molecule has 0 spiro atoms. The fourth-order valence-electron chi connectivity index (χ4n) is 1.94. The van der Waals surface area contributed by atoms with E-state index in [-0.39, 0.29) is 11.7 Å². The van der Waals surface area contributed by atoms with E-state index in [0.29, 0.717) is 30.2 Å². The molecule has 0 aromatic heterocycles. The highest BCUT2D eigenvalue weighted by Gasteiger charge is 2.05. The van der Waals surface area contributed by atoms with Crippen molar-refractivity contribution in [1.82, 2.24) is 5.32 Å². The smallest absolute Gasteiger partial charge is 0.313 e. The summed E-state index contributed by atoms with van der Waals surface area (Å²) in [6.07, 6.45) is 0. The Labute approximate surface area is 145 Å². The minimum Gasteiger partial charge on any atom is -0.489 e. The highest BCUT2D eigenvalue weighted by Crippen LogP contribution is 2.14. The number of rotatable bonds is 9. The predicted molar refractivity (Wildman–Crippen MR) is 94.5 cm³/mol. The van der Waals surface area contributed by atoms with Crippen LogP contribution in [0.15, 0.2) is 54.6 Å². The van der Waals surface area contributed by atoms with Gasteiger partial charge in [0, 0.05) is 17.9 Å². The van der Waals surface area contributed by atoms with Crippen molar-refractivity contribution in [2.24, 2.45) is 0 Å².